The summed E-state index contributed by atoms with van der Waals surface area (Å²) in [6.45, 7) is 9.77. The zero-order chi connectivity index (χ0) is 14.0. The minimum absolute atomic E-state index is 0.248. The number of nitrogens with zero attached hydrogens (tertiary/aromatic N) is 1. The fourth-order valence-electron chi connectivity index (χ4n) is 2.42. The SMILES string of the molecule is CC(C)OCc1cc2ccc(CN)cc2n1C(C)C. The molecule has 2 N–H and O–H groups in total. The quantitative estimate of drug-likeness (QED) is 0.892. The molecule has 0 unspecified atom stereocenters. The van der Waals surface area contributed by atoms with Gasteiger partial charge in [-0.3, -0.25) is 0 Å². The number of aromatic nitrogens is 1. The van der Waals surface area contributed by atoms with Crippen LogP contribution in [0.4, 0.5) is 0 Å². The fourth-order valence-corrected chi connectivity index (χ4v) is 2.42. The molecule has 0 bridgehead atoms. The van der Waals surface area contributed by atoms with E-state index >= 15 is 0 Å². The molecule has 2 rings (SSSR count). The Kier molecular flexibility index (Phi) is 4.27. The lowest BCUT2D eigenvalue weighted by atomic mass is 10.1. The van der Waals surface area contributed by atoms with E-state index in [2.05, 4.69) is 56.5 Å². The molecule has 19 heavy (non-hydrogen) atoms. The normalized spacial score (nSPS) is 11.9. The number of hydrogen-bond acceptors (Lipinski definition) is 2. The third-order valence-electron chi connectivity index (χ3n) is 3.30. The smallest absolute Gasteiger partial charge is 0.0871 e. The molecule has 1 heterocycles. The van der Waals surface area contributed by atoms with E-state index in [1.165, 1.54) is 22.2 Å². The summed E-state index contributed by atoms with van der Waals surface area (Å²) in [4.78, 5) is 0. The van der Waals surface area contributed by atoms with Gasteiger partial charge in [-0.1, -0.05) is 12.1 Å². The lowest BCUT2D eigenvalue weighted by Crippen LogP contribution is -2.09. The summed E-state index contributed by atoms with van der Waals surface area (Å²) < 4.78 is 8.10. The Morgan fingerprint density at radius 2 is 1.89 bits per heavy atom. The van der Waals surface area contributed by atoms with Crippen molar-refractivity contribution < 1.29 is 4.74 Å². The molecule has 104 valence electrons. The van der Waals surface area contributed by atoms with Crippen LogP contribution in [0.25, 0.3) is 10.9 Å². The average molecular weight is 260 g/mol. The second-order valence-electron chi connectivity index (χ2n) is 5.56. The van der Waals surface area contributed by atoms with Crippen molar-refractivity contribution in [1.82, 2.24) is 4.57 Å². The van der Waals surface area contributed by atoms with Gasteiger partial charge in [0.1, 0.15) is 0 Å². The molecule has 1 aromatic carbocycles. The fraction of sp³-hybridized carbons (Fsp3) is 0.500. The standard InChI is InChI=1S/C16H24N2O/c1-11(2)18-15(10-19-12(3)4)8-14-6-5-13(9-17)7-16(14)18/h5-8,11-12H,9-10,17H2,1-4H3. The van der Waals surface area contributed by atoms with E-state index in [0.29, 0.717) is 19.2 Å². The summed E-state index contributed by atoms with van der Waals surface area (Å²) >= 11 is 0. The largest absolute Gasteiger partial charge is 0.373 e. The molecule has 0 spiro atoms. The molecule has 0 atom stereocenters. The average Bonchev–Trinajstić information content (AvgIpc) is 2.73. The zero-order valence-corrected chi connectivity index (χ0v) is 12.3. The second-order valence-corrected chi connectivity index (χ2v) is 5.56. The maximum atomic E-state index is 5.76. The van der Waals surface area contributed by atoms with E-state index in [4.69, 9.17) is 10.5 Å². The third kappa shape index (κ3) is 2.99. The van der Waals surface area contributed by atoms with Crippen LogP contribution in [0.15, 0.2) is 24.3 Å². The van der Waals surface area contributed by atoms with Crippen LogP contribution in [0.5, 0.6) is 0 Å². The highest BCUT2D eigenvalue weighted by Gasteiger charge is 2.12. The summed E-state index contributed by atoms with van der Waals surface area (Å²) in [7, 11) is 0. The number of rotatable bonds is 5. The van der Waals surface area contributed by atoms with Gasteiger partial charge in [-0.05, 0) is 50.8 Å². The summed E-state index contributed by atoms with van der Waals surface area (Å²) in [5, 5.41) is 1.26. The van der Waals surface area contributed by atoms with Gasteiger partial charge in [0, 0.05) is 23.8 Å². The number of hydrogen-bond donors (Lipinski definition) is 1. The Labute approximate surface area is 115 Å². The third-order valence-corrected chi connectivity index (χ3v) is 3.30. The monoisotopic (exact) mass is 260 g/mol. The van der Waals surface area contributed by atoms with Crippen LogP contribution in [0, 0.1) is 0 Å². The second kappa shape index (κ2) is 5.76. The van der Waals surface area contributed by atoms with Crippen LogP contribution in [0.1, 0.15) is 45.0 Å². The first-order valence-corrected chi connectivity index (χ1v) is 6.97. The number of nitrogens with two attached hydrogens (primary N) is 1. The van der Waals surface area contributed by atoms with Gasteiger partial charge in [0.15, 0.2) is 0 Å². The molecule has 0 radical (unpaired) electrons. The molecular weight excluding hydrogens is 236 g/mol. The minimum Gasteiger partial charge on any atom is -0.373 e. The van der Waals surface area contributed by atoms with Crippen molar-refractivity contribution in [3.05, 3.63) is 35.5 Å². The zero-order valence-electron chi connectivity index (χ0n) is 12.3. The lowest BCUT2D eigenvalue weighted by molar-refractivity contribution is 0.0615. The molecule has 2 aromatic rings. The van der Waals surface area contributed by atoms with Gasteiger partial charge < -0.3 is 15.0 Å². The molecule has 1 aromatic heterocycles. The van der Waals surface area contributed by atoms with Crippen LogP contribution in [-0.2, 0) is 17.9 Å². The van der Waals surface area contributed by atoms with Crippen LogP contribution >= 0.6 is 0 Å². The molecule has 0 aliphatic carbocycles. The molecule has 0 saturated heterocycles. The van der Waals surface area contributed by atoms with Crippen molar-refractivity contribution >= 4 is 10.9 Å². The van der Waals surface area contributed by atoms with E-state index in [9.17, 15) is 0 Å². The Hall–Kier alpha value is -1.32. The number of fused-ring (bicyclic) bond motifs is 1. The summed E-state index contributed by atoms with van der Waals surface area (Å²) in [6.07, 6.45) is 0.248. The molecule has 0 amide bonds. The predicted octanol–water partition coefficient (Wildman–Crippen LogP) is 3.61. The summed E-state index contributed by atoms with van der Waals surface area (Å²) in [5.41, 5.74) is 9.39. The first kappa shape index (κ1) is 14.1. The van der Waals surface area contributed by atoms with Crippen LogP contribution in [-0.4, -0.2) is 10.7 Å². The van der Waals surface area contributed by atoms with Gasteiger partial charge in [0.2, 0.25) is 0 Å². The van der Waals surface area contributed by atoms with Gasteiger partial charge in [0.25, 0.3) is 0 Å². The summed E-state index contributed by atoms with van der Waals surface area (Å²) in [6, 6.07) is 9.07. The van der Waals surface area contributed by atoms with Gasteiger partial charge in [-0.2, -0.15) is 0 Å². The van der Waals surface area contributed by atoms with Crippen LogP contribution in [0.2, 0.25) is 0 Å². The predicted molar refractivity (Wildman–Crippen MR) is 80.1 cm³/mol. The van der Waals surface area contributed by atoms with E-state index in [1.54, 1.807) is 0 Å². The Bertz CT molecular complexity index is 555. The molecule has 0 aliphatic rings. The van der Waals surface area contributed by atoms with E-state index in [-0.39, 0.29) is 6.10 Å². The molecule has 0 fully saturated rings. The molecule has 0 saturated carbocycles. The lowest BCUT2D eigenvalue weighted by Gasteiger charge is -2.16. The van der Waals surface area contributed by atoms with Gasteiger partial charge in [-0.25, -0.2) is 0 Å². The summed E-state index contributed by atoms with van der Waals surface area (Å²) in [5.74, 6) is 0. The number of ether oxygens (including phenoxy) is 1. The van der Waals surface area contributed by atoms with E-state index in [0.717, 1.165) is 0 Å². The van der Waals surface area contributed by atoms with Crippen molar-refractivity contribution in [2.75, 3.05) is 0 Å². The highest BCUT2D eigenvalue weighted by atomic mass is 16.5. The maximum Gasteiger partial charge on any atom is 0.0871 e. The van der Waals surface area contributed by atoms with E-state index < -0.39 is 0 Å². The van der Waals surface area contributed by atoms with Crippen molar-refractivity contribution in [3.63, 3.8) is 0 Å². The van der Waals surface area contributed by atoms with Crippen molar-refractivity contribution in [2.24, 2.45) is 5.73 Å². The minimum atomic E-state index is 0.248. The molecule has 3 nitrogen and oxygen atoms in total. The Balaban J connectivity index is 2.48. The van der Waals surface area contributed by atoms with Crippen LogP contribution in [0.3, 0.4) is 0 Å². The molecular formula is C16H24N2O. The Morgan fingerprint density at radius 1 is 1.16 bits per heavy atom. The van der Waals surface area contributed by atoms with Crippen molar-refractivity contribution in [2.45, 2.75) is 53.0 Å². The van der Waals surface area contributed by atoms with Crippen molar-refractivity contribution in [3.8, 4) is 0 Å². The molecule has 3 heteroatoms. The van der Waals surface area contributed by atoms with E-state index in [1.807, 2.05) is 0 Å². The number of benzene rings is 1. The maximum absolute atomic E-state index is 5.76. The highest BCUT2D eigenvalue weighted by molar-refractivity contribution is 5.82. The first-order valence-electron chi connectivity index (χ1n) is 6.97. The van der Waals surface area contributed by atoms with Gasteiger partial charge >= 0.3 is 0 Å². The topological polar surface area (TPSA) is 40.2 Å². The Morgan fingerprint density at radius 3 is 2.47 bits per heavy atom. The van der Waals surface area contributed by atoms with Crippen molar-refractivity contribution in [1.29, 1.82) is 0 Å². The van der Waals surface area contributed by atoms with Gasteiger partial charge in [-0.15, -0.1) is 0 Å². The van der Waals surface area contributed by atoms with Gasteiger partial charge in [0.05, 0.1) is 12.7 Å². The molecule has 0 aliphatic heterocycles. The highest BCUT2D eigenvalue weighted by Crippen LogP contribution is 2.26. The van der Waals surface area contributed by atoms with Crippen LogP contribution < -0.4 is 5.73 Å². The first-order chi connectivity index (χ1) is 9.02.